The Morgan fingerprint density at radius 2 is 1.96 bits per heavy atom. The van der Waals surface area contributed by atoms with Crippen molar-refractivity contribution in [2.45, 2.75) is 0 Å². The maximum Gasteiger partial charge on any atom is 0.271 e. The maximum absolute atomic E-state index is 12.1. The van der Waals surface area contributed by atoms with Gasteiger partial charge in [0.05, 0.1) is 6.21 Å². The summed E-state index contributed by atoms with van der Waals surface area (Å²) in [6, 6.07) is 11.2. The van der Waals surface area contributed by atoms with Crippen molar-refractivity contribution >= 4 is 40.0 Å². The summed E-state index contributed by atoms with van der Waals surface area (Å²) >= 11 is 3.28. The van der Waals surface area contributed by atoms with E-state index in [1.165, 1.54) is 29.9 Å². The number of rotatable bonds is 5. The van der Waals surface area contributed by atoms with Crippen molar-refractivity contribution in [2.75, 3.05) is 0 Å². The van der Waals surface area contributed by atoms with Crippen LogP contribution >= 0.6 is 15.9 Å². The molecule has 4 N–H and O–H groups in total. The number of nitrogens with one attached hydrogen (secondary N) is 2. The molecule has 0 aliphatic rings. The lowest BCUT2D eigenvalue weighted by atomic mass is 10.1. The van der Waals surface area contributed by atoms with Crippen LogP contribution in [0.5, 0.6) is 5.75 Å². The molecular formula is C17H14BrN3O4. The third kappa shape index (κ3) is 5.55. The first-order valence-electron chi connectivity index (χ1n) is 7.04. The van der Waals surface area contributed by atoms with Crippen molar-refractivity contribution in [1.82, 2.24) is 10.9 Å². The number of hydrogen-bond acceptors (Lipinski definition) is 5. The monoisotopic (exact) mass is 403 g/mol. The highest BCUT2D eigenvalue weighted by molar-refractivity contribution is 9.10. The molecule has 2 aromatic carbocycles. The second-order valence-electron chi connectivity index (χ2n) is 4.84. The largest absolute Gasteiger partial charge is 0.508 e. The van der Waals surface area contributed by atoms with Crippen LogP contribution in [0.25, 0.3) is 6.08 Å². The fraction of sp³-hybridized carbons (Fsp3) is 0. The highest BCUT2D eigenvalue weighted by atomic mass is 79.9. The van der Waals surface area contributed by atoms with Crippen molar-refractivity contribution in [2.24, 2.45) is 5.10 Å². The van der Waals surface area contributed by atoms with Crippen LogP contribution in [0.2, 0.25) is 0 Å². The molecule has 0 aliphatic carbocycles. The Morgan fingerprint density at radius 3 is 2.68 bits per heavy atom. The lowest BCUT2D eigenvalue weighted by molar-refractivity contribution is -0.124. The van der Waals surface area contributed by atoms with E-state index in [4.69, 9.17) is 5.21 Å². The predicted molar refractivity (Wildman–Crippen MR) is 96.3 cm³/mol. The Labute approximate surface area is 151 Å². The van der Waals surface area contributed by atoms with E-state index >= 15 is 0 Å². The van der Waals surface area contributed by atoms with Gasteiger partial charge in [-0.2, -0.15) is 5.10 Å². The van der Waals surface area contributed by atoms with Crippen molar-refractivity contribution < 1.29 is 19.9 Å². The first-order valence-corrected chi connectivity index (χ1v) is 7.83. The van der Waals surface area contributed by atoms with E-state index in [1.54, 1.807) is 30.3 Å². The number of hydrogen-bond donors (Lipinski definition) is 4. The van der Waals surface area contributed by atoms with Gasteiger partial charge < -0.3 is 5.11 Å². The molecule has 0 radical (unpaired) electrons. The van der Waals surface area contributed by atoms with Crippen LogP contribution < -0.4 is 10.9 Å². The van der Waals surface area contributed by atoms with Crippen LogP contribution in [-0.2, 0) is 4.79 Å². The Bertz CT molecular complexity index is 850. The van der Waals surface area contributed by atoms with Crippen LogP contribution in [0.4, 0.5) is 0 Å². The van der Waals surface area contributed by atoms with Crippen molar-refractivity contribution in [3.8, 4) is 5.75 Å². The van der Waals surface area contributed by atoms with Gasteiger partial charge in [0.2, 0.25) is 0 Å². The fourth-order valence-electron chi connectivity index (χ4n) is 1.84. The normalized spacial score (nSPS) is 11.0. The molecule has 7 nitrogen and oxygen atoms in total. The Balaban J connectivity index is 2.04. The topological polar surface area (TPSA) is 111 Å². The summed E-state index contributed by atoms with van der Waals surface area (Å²) in [5.74, 6) is -0.972. The second kappa shape index (κ2) is 8.76. The molecule has 0 aromatic heterocycles. The number of carbonyl (C=O) groups is 2. The number of benzene rings is 2. The molecule has 0 unspecified atom stereocenters. The molecule has 0 heterocycles. The number of phenols is 1. The van der Waals surface area contributed by atoms with Crippen LogP contribution in [0.1, 0.15) is 21.5 Å². The van der Waals surface area contributed by atoms with Crippen LogP contribution in [0, 0.1) is 0 Å². The van der Waals surface area contributed by atoms with E-state index in [9.17, 15) is 14.7 Å². The summed E-state index contributed by atoms with van der Waals surface area (Å²) in [6.45, 7) is 0. The first-order chi connectivity index (χ1) is 12.0. The quantitative estimate of drug-likeness (QED) is 0.266. The smallest absolute Gasteiger partial charge is 0.271 e. The van der Waals surface area contributed by atoms with E-state index in [2.05, 4.69) is 26.5 Å². The summed E-state index contributed by atoms with van der Waals surface area (Å²) in [7, 11) is 0. The molecule has 0 fully saturated rings. The standard InChI is InChI=1S/C17H14BrN3O4/c18-15-9-14(22)6-5-13(15)10-19-20-17(24)12-3-1-2-11(8-12)4-7-16(23)21-25/h1-10,22,25H,(H,20,24)(H,21,23). The molecule has 2 rings (SSSR count). The SMILES string of the molecule is O=C(C=Cc1cccc(C(=O)NN=Cc2ccc(O)cc2Br)c1)NO. The summed E-state index contributed by atoms with van der Waals surface area (Å²) in [6.07, 6.45) is 4.04. The van der Waals surface area contributed by atoms with E-state index < -0.39 is 11.8 Å². The maximum atomic E-state index is 12.1. The highest BCUT2D eigenvalue weighted by Gasteiger charge is 2.05. The summed E-state index contributed by atoms with van der Waals surface area (Å²) in [5.41, 5.74) is 5.53. The van der Waals surface area contributed by atoms with Crippen molar-refractivity contribution in [1.29, 1.82) is 0 Å². The van der Waals surface area contributed by atoms with Crippen molar-refractivity contribution in [3.05, 3.63) is 69.7 Å². The number of phenolic OH excluding ortho intramolecular Hbond substituents is 1. The number of carbonyl (C=O) groups excluding carboxylic acids is 2. The summed E-state index contributed by atoms with van der Waals surface area (Å²) < 4.78 is 0.639. The van der Waals surface area contributed by atoms with Gasteiger partial charge in [-0.1, -0.05) is 12.1 Å². The minimum absolute atomic E-state index is 0.118. The molecule has 0 bridgehead atoms. The molecule has 128 valence electrons. The molecule has 2 aromatic rings. The lowest BCUT2D eigenvalue weighted by Gasteiger charge is -2.02. The van der Waals surface area contributed by atoms with Gasteiger partial charge in [0.15, 0.2) is 0 Å². The van der Waals surface area contributed by atoms with Gasteiger partial charge in [-0.3, -0.25) is 14.8 Å². The summed E-state index contributed by atoms with van der Waals surface area (Å²) in [5, 5.41) is 21.6. The zero-order valence-electron chi connectivity index (χ0n) is 12.8. The Hall–Kier alpha value is -2.97. The molecule has 0 saturated carbocycles. The minimum Gasteiger partial charge on any atom is -0.508 e. The van der Waals surface area contributed by atoms with Crippen LogP contribution in [0.15, 0.2) is 58.1 Å². The van der Waals surface area contributed by atoms with E-state index in [0.29, 0.717) is 21.2 Å². The average molecular weight is 404 g/mol. The molecule has 0 spiro atoms. The number of aromatic hydroxyl groups is 1. The number of halogens is 1. The number of hydrazone groups is 1. The second-order valence-corrected chi connectivity index (χ2v) is 5.69. The molecular weight excluding hydrogens is 390 g/mol. The van der Waals surface area contributed by atoms with E-state index in [0.717, 1.165) is 6.08 Å². The van der Waals surface area contributed by atoms with Gasteiger partial charge in [-0.25, -0.2) is 10.9 Å². The molecule has 0 saturated heterocycles. The first kappa shape index (κ1) is 18.4. The molecule has 0 aliphatic heterocycles. The van der Waals surface area contributed by atoms with Gasteiger partial charge in [0.1, 0.15) is 5.75 Å². The van der Waals surface area contributed by atoms with E-state index in [1.807, 2.05) is 0 Å². The number of hydroxylamine groups is 1. The third-order valence-corrected chi connectivity index (χ3v) is 3.73. The van der Waals surface area contributed by atoms with Crippen LogP contribution in [-0.4, -0.2) is 28.3 Å². The number of nitrogens with zero attached hydrogens (tertiary/aromatic N) is 1. The predicted octanol–water partition coefficient (Wildman–Crippen LogP) is 2.44. The number of amides is 2. The molecule has 0 atom stereocenters. The molecule has 8 heteroatoms. The molecule has 2 amide bonds. The van der Waals surface area contributed by atoms with Crippen molar-refractivity contribution in [3.63, 3.8) is 0 Å². The summed E-state index contributed by atoms with van der Waals surface area (Å²) in [4.78, 5) is 23.1. The van der Waals surface area contributed by atoms with Crippen LogP contribution in [0.3, 0.4) is 0 Å². The zero-order valence-corrected chi connectivity index (χ0v) is 14.4. The minimum atomic E-state index is -0.668. The average Bonchev–Trinajstić information content (AvgIpc) is 2.61. The zero-order chi connectivity index (χ0) is 18.2. The van der Waals surface area contributed by atoms with E-state index in [-0.39, 0.29) is 5.75 Å². The molecule has 25 heavy (non-hydrogen) atoms. The van der Waals surface area contributed by atoms with Gasteiger partial charge in [0, 0.05) is 21.7 Å². The third-order valence-electron chi connectivity index (χ3n) is 3.04. The highest BCUT2D eigenvalue weighted by Crippen LogP contribution is 2.20. The van der Waals surface area contributed by atoms with Gasteiger partial charge in [0.25, 0.3) is 11.8 Å². The van der Waals surface area contributed by atoms with Gasteiger partial charge in [-0.15, -0.1) is 0 Å². The Kier molecular flexibility index (Phi) is 6.44. The fourth-order valence-corrected chi connectivity index (χ4v) is 2.31. The lowest BCUT2D eigenvalue weighted by Crippen LogP contribution is -2.17. The Morgan fingerprint density at radius 1 is 1.16 bits per heavy atom. The van der Waals surface area contributed by atoms with Gasteiger partial charge >= 0.3 is 0 Å². The van der Waals surface area contributed by atoms with Gasteiger partial charge in [-0.05, 0) is 57.9 Å².